The molecule has 126 valence electrons. The van der Waals surface area contributed by atoms with Crippen LogP contribution in [0.25, 0.3) is 0 Å². The molecule has 4 heteroatoms. The first kappa shape index (κ1) is 17.5. The predicted octanol–water partition coefficient (Wildman–Crippen LogP) is 3.43. The molecule has 4 nitrogen and oxygen atoms in total. The van der Waals surface area contributed by atoms with Crippen LogP contribution in [0.4, 0.5) is 0 Å². The number of carbonyl (C=O) groups is 2. The number of aliphatic carboxylic acids is 1. The maximum Gasteiger partial charge on any atom is 0.303 e. The molecular weight excluding hydrogens is 290 g/mol. The van der Waals surface area contributed by atoms with Crippen molar-refractivity contribution in [2.45, 2.75) is 64.3 Å². The number of hydrogen-bond acceptors (Lipinski definition) is 2. The second-order valence-electron chi connectivity index (χ2n) is 6.34. The molecule has 1 aromatic rings. The summed E-state index contributed by atoms with van der Waals surface area (Å²) in [4.78, 5) is 25.2. The normalized spacial score (nSPS) is 18.0. The Balaban J connectivity index is 1.87. The van der Waals surface area contributed by atoms with Crippen LogP contribution in [0.5, 0.6) is 0 Å². The summed E-state index contributed by atoms with van der Waals surface area (Å²) in [6.45, 7) is 2.91. The van der Waals surface area contributed by atoms with Gasteiger partial charge in [0.05, 0.1) is 0 Å². The number of hydrogen-bond donors (Lipinski definition) is 1. The highest BCUT2D eigenvalue weighted by molar-refractivity contribution is 5.77. The number of likely N-dealkylation sites (tertiary alicyclic amines) is 1. The van der Waals surface area contributed by atoms with Gasteiger partial charge in [-0.25, -0.2) is 0 Å². The van der Waals surface area contributed by atoms with Crippen molar-refractivity contribution in [3.8, 4) is 0 Å². The molecule has 1 aliphatic rings. The third-order valence-corrected chi connectivity index (χ3v) is 4.70. The Hall–Kier alpha value is -1.84. The third-order valence-electron chi connectivity index (χ3n) is 4.70. The van der Waals surface area contributed by atoms with E-state index in [0.29, 0.717) is 12.8 Å². The Kier molecular flexibility index (Phi) is 6.63. The van der Waals surface area contributed by atoms with Crippen molar-refractivity contribution in [1.82, 2.24) is 4.90 Å². The smallest absolute Gasteiger partial charge is 0.303 e. The fourth-order valence-corrected chi connectivity index (χ4v) is 3.26. The van der Waals surface area contributed by atoms with Gasteiger partial charge in [0, 0.05) is 25.4 Å². The van der Waals surface area contributed by atoms with E-state index in [0.717, 1.165) is 38.6 Å². The van der Waals surface area contributed by atoms with Crippen molar-refractivity contribution in [2.75, 3.05) is 6.54 Å². The van der Waals surface area contributed by atoms with Gasteiger partial charge < -0.3 is 10.0 Å². The van der Waals surface area contributed by atoms with E-state index in [4.69, 9.17) is 5.11 Å². The zero-order valence-electron chi connectivity index (χ0n) is 14.0. The number of carboxylic acid groups (broad SMARTS) is 1. The van der Waals surface area contributed by atoms with Crippen LogP contribution < -0.4 is 0 Å². The molecule has 1 aromatic carbocycles. The summed E-state index contributed by atoms with van der Waals surface area (Å²) in [5.74, 6) is -0.612. The van der Waals surface area contributed by atoms with Gasteiger partial charge in [0.15, 0.2) is 0 Å². The largest absolute Gasteiger partial charge is 0.481 e. The minimum atomic E-state index is -0.779. The van der Waals surface area contributed by atoms with Crippen LogP contribution in [0, 0.1) is 0 Å². The highest BCUT2D eigenvalue weighted by Crippen LogP contribution is 2.22. The van der Waals surface area contributed by atoms with E-state index in [1.165, 1.54) is 11.1 Å². The molecule has 0 aromatic heterocycles. The standard InChI is InChI=1S/C19H27NO3/c1-2-15-6-8-16(9-7-15)10-12-18(21)20-14-4-3-5-17(20)11-13-19(22)23/h6-9,17H,2-5,10-14H2,1H3,(H,22,23). The molecule has 1 N–H and O–H groups in total. The van der Waals surface area contributed by atoms with E-state index in [-0.39, 0.29) is 18.4 Å². The minimum absolute atomic E-state index is 0.106. The second-order valence-corrected chi connectivity index (χ2v) is 6.34. The lowest BCUT2D eigenvalue weighted by Crippen LogP contribution is -2.44. The summed E-state index contributed by atoms with van der Waals surface area (Å²) in [6.07, 6.45) is 6.06. The molecule has 1 fully saturated rings. The van der Waals surface area contributed by atoms with E-state index in [1.807, 2.05) is 4.90 Å². The molecule has 0 saturated carbocycles. The van der Waals surface area contributed by atoms with E-state index < -0.39 is 5.97 Å². The Morgan fingerprint density at radius 3 is 2.48 bits per heavy atom. The average Bonchev–Trinajstić information content (AvgIpc) is 2.58. The number of aryl methyl sites for hydroxylation is 2. The van der Waals surface area contributed by atoms with Crippen LogP contribution in [0.3, 0.4) is 0 Å². The maximum atomic E-state index is 12.5. The number of carbonyl (C=O) groups excluding carboxylic acids is 1. The minimum Gasteiger partial charge on any atom is -0.481 e. The molecule has 1 heterocycles. The number of carboxylic acids is 1. The molecule has 0 aliphatic carbocycles. The van der Waals surface area contributed by atoms with Gasteiger partial charge in [-0.3, -0.25) is 9.59 Å². The van der Waals surface area contributed by atoms with Crippen molar-refractivity contribution in [3.63, 3.8) is 0 Å². The van der Waals surface area contributed by atoms with Crippen LogP contribution in [0.2, 0.25) is 0 Å². The van der Waals surface area contributed by atoms with Crippen LogP contribution in [-0.2, 0) is 22.4 Å². The van der Waals surface area contributed by atoms with E-state index in [1.54, 1.807) is 0 Å². The molecule has 2 rings (SSSR count). The van der Waals surface area contributed by atoms with Gasteiger partial charge in [-0.05, 0) is 49.7 Å². The first-order chi connectivity index (χ1) is 11.1. The lowest BCUT2D eigenvalue weighted by molar-refractivity contribution is -0.140. The Labute approximate surface area is 138 Å². The SMILES string of the molecule is CCc1ccc(CCC(=O)N2CCCCC2CCC(=O)O)cc1. The zero-order chi connectivity index (χ0) is 16.7. The van der Waals surface area contributed by atoms with Crippen molar-refractivity contribution < 1.29 is 14.7 Å². The second kappa shape index (κ2) is 8.70. The monoisotopic (exact) mass is 317 g/mol. The summed E-state index contributed by atoms with van der Waals surface area (Å²) in [6, 6.07) is 8.55. The van der Waals surface area contributed by atoms with Gasteiger partial charge >= 0.3 is 5.97 Å². The summed E-state index contributed by atoms with van der Waals surface area (Å²) < 4.78 is 0. The van der Waals surface area contributed by atoms with Crippen LogP contribution in [0.15, 0.2) is 24.3 Å². The molecular formula is C19H27NO3. The molecule has 0 spiro atoms. The molecule has 1 atom stereocenters. The molecule has 1 aliphatic heterocycles. The highest BCUT2D eigenvalue weighted by atomic mass is 16.4. The number of benzene rings is 1. The molecule has 0 radical (unpaired) electrons. The van der Waals surface area contributed by atoms with Gasteiger partial charge in [-0.2, -0.15) is 0 Å². The number of piperidine rings is 1. The van der Waals surface area contributed by atoms with Gasteiger partial charge in [-0.1, -0.05) is 31.2 Å². The van der Waals surface area contributed by atoms with E-state index >= 15 is 0 Å². The molecule has 1 saturated heterocycles. The summed E-state index contributed by atoms with van der Waals surface area (Å²) >= 11 is 0. The van der Waals surface area contributed by atoms with Gasteiger partial charge in [0.25, 0.3) is 0 Å². The fraction of sp³-hybridized carbons (Fsp3) is 0.579. The first-order valence-electron chi connectivity index (χ1n) is 8.69. The Morgan fingerprint density at radius 1 is 1.13 bits per heavy atom. The van der Waals surface area contributed by atoms with Crippen molar-refractivity contribution in [1.29, 1.82) is 0 Å². The third kappa shape index (κ3) is 5.38. The van der Waals surface area contributed by atoms with Crippen molar-refractivity contribution in [3.05, 3.63) is 35.4 Å². The Morgan fingerprint density at radius 2 is 1.83 bits per heavy atom. The number of amides is 1. The van der Waals surface area contributed by atoms with Crippen LogP contribution in [0.1, 0.15) is 56.6 Å². The van der Waals surface area contributed by atoms with Gasteiger partial charge in [0.2, 0.25) is 5.91 Å². The molecule has 1 amide bonds. The van der Waals surface area contributed by atoms with E-state index in [2.05, 4.69) is 31.2 Å². The van der Waals surface area contributed by atoms with E-state index in [9.17, 15) is 9.59 Å². The zero-order valence-corrected chi connectivity index (χ0v) is 14.0. The first-order valence-corrected chi connectivity index (χ1v) is 8.69. The van der Waals surface area contributed by atoms with Crippen LogP contribution in [-0.4, -0.2) is 34.5 Å². The number of rotatable bonds is 7. The predicted molar refractivity (Wildman–Crippen MR) is 90.4 cm³/mol. The Bertz CT molecular complexity index is 524. The topological polar surface area (TPSA) is 57.6 Å². The fourth-order valence-electron chi connectivity index (χ4n) is 3.26. The summed E-state index contributed by atoms with van der Waals surface area (Å²) in [7, 11) is 0. The molecule has 1 unspecified atom stereocenters. The quantitative estimate of drug-likeness (QED) is 0.838. The highest BCUT2D eigenvalue weighted by Gasteiger charge is 2.26. The van der Waals surface area contributed by atoms with Crippen molar-refractivity contribution >= 4 is 11.9 Å². The lowest BCUT2D eigenvalue weighted by atomic mass is 9.97. The average molecular weight is 317 g/mol. The van der Waals surface area contributed by atoms with Gasteiger partial charge in [-0.15, -0.1) is 0 Å². The number of nitrogens with zero attached hydrogens (tertiary/aromatic N) is 1. The molecule has 0 bridgehead atoms. The lowest BCUT2D eigenvalue weighted by Gasteiger charge is -2.35. The maximum absolute atomic E-state index is 12.5. The van der Waals surface area contributed by atoms with Gasteiger partial charge in [0.1, 0.15) is 0 Å². The van der Waals surface area contributed by atoms with Crippen molar-refractivity contribution in [2.24, 2.45) is 0 Å². The van der Waals surface area contributed by atoms with Crippen LogP contribution >= 0.6 is 0 Å². The summed E-state index contributed by atoms with van der Waals surface area (Å²) in [5.41, 5.74) is 2.50. The molecule has 23 heavy (non-hydrogen) atoms. The summed E-state index contributed by atoms with van der Waals surface area (Å²) in [5, 5.41) is 8.86.